The normalized spacial score (nSPS) is 13.6. The quantitative estimate of drug-likeness (QED) is 0.132. The standard InChI is InChI=1S/C31H34N2O7/c1-18(2)30(34)40-21-9-10-23(27(15-21)38-7)22-11-12-25-29(19(3)16-31(4,5)32-25)24(22)17-39-28-14-20(33(35)36)8-13-26(28)37-6/h8-16,18,32H,17H2,1-7H3. The summed E-state index contributed by atoms with van der Waals surface area (Å²) in [6, 6.07) is 13.5. The lowest BCUT2D eigenvalue weighted by molar-refractivity contribution is -0.385. The van der Waals surface area contributed by atoms with Gasteiger partial charge >= 0.3 is 5.97 Å². The number of nitro benzene ring substituents is 1. The van der Waals surface area contributed by atoms with E-state index in [4.69, 9.17) is 18.9 Å². The molecule has 0 radical (unpaired) electrons. The van der Waals surface area contributed by atoms with Crippen LogP contribution in [-0.2, 0) is 11.4 Å². The third-order valence-corrected chi connectivity index (χ3v) is 6.62. The summed E-state index contributed by atoms with van der Waals surface area (Å²) in [5.74, 6) is 0.946. The van der Waals surface area contributed by atoms with Gasteiger partial charge in [0.25, 0.3) is 5.69 Å². The number of benzene rings is 3. The average molecular weight is 547 g/mol. The van der Waals surface area contributed by atoms with Gasteiger partial charge in [-0.3, -0.25) is 14.9 Å². The molecule has 4 rings (SSSR count). The van der Waals surface area contributed by atoms with E-state index in [1.165, 1.54) is 25.3 Å². The number of non-ortho nitro benzene ring substituents is 1. The lowest BCUT2D eigenvalue weighted by atomic mass is 9.85. The number of hydrogen-bond acceptors (Lipinski definition) is 8. The fraction of sp³-hybridized carbons (Fsp3) is 0.323. The van der Waals surface area contributed by atoms with Crippen LogP contribution in [0.15, 0.2) is 54.6 Å². The minimum absolute atomic E-state index is 0.0938. The van der Waals surface area contributed by atoms with Crippen LogP contribution >= 0.6 is 0 Å². The largest absolute Gasteiger partial charge is 0.496 e. The first-order valence-corrected chi connectivity index (χ1v) is 12.9. The van der Waals surface area contributed by atoms with Crippen LogP contribution in [0.1, 0.15) is 45.7 Å². The Morgan fingerprint density at radius 1 is 0.975 bits per heavy atom. The van der Waals surface area contributed by atoms with Crippen molar-refractivity contribution in [3.05, 3.63) is 75.8 Å². The second-order valence-electron chi connectivity index (χ2n) is 10.5. The number of anilines is 1. The minimum Gasteiger partial charge on any atom is -0.496 e. The molecule has 0 saturated heterocycles. The average Bonchev–Trinajstić information content (AvgIpc) is 2.90. The fourth-order valence-electron chi connectivity index (χ4n) is 4.83. The van der Waals surface area contributed by atoms with Crippen LogP contribution in [0.4, 0.5) is 11.4 Å². The zero-order valence-corrected chi connectivity index (χ0v) is 23.8. The number of ether oxygens (including phenoxy) is 4. The maximum absolute atomic E-state index is 12.2. The summed E-state index contributed by atoms with van der Waals surface area (Å²) in [5.41, 5.74) is 5.10. The Kier molecular flexibility index (Phi) is 8.04. The summed E-state index contributed by atoms with van der Waals surface area (Å²) in [4.78, 5) is 23.1. The molecule has 40 heavy (non-hydrogen) atoms. The van der Waals surface area contributed by atoms with Gasteiger partial charge < -0.3 is 24.3 Å². The first-order valence-electron chi connectivity index (χ1n) is 12.9. The third kappa shape index (κ3) is 5.88. The number of nitrogens with one attached hydrogen (secondary N) is 1. The molecule has 0 spiro atoms. The van der Waals surface area contributed by atoms with Crippen molar-refractivity contribution >= 4 is 22.9 Å². The maximum atomic E-state index is 12.2. The van der Waals surface area contributed by atoms with Crippen LogP contribution in [0.2, 0.25) is 0 Å². The van der Waals surface area contributed by atoms with Crippen molar-refractivity contribution < 1.29 is 28.7 Å². The predicted octanol–water partition coefficient (Wildman–Crippen LogP) is 7.03. The lowest BCUT2D eigenvalue weighted by Crippen LogP contribution is -2.32. The highest BCUT2D eigenvalue weighted by Gasteiger charge is 2.27. The Balaban J connectivity index is 1.84. The summed E-state index contributed by atoms with van der Waals surface area (Å²) in [5, 5.41) is 15.0. The summed E-state index contributed by atoms with van der Waals surface area (Å²) >= 11 is 0. The van der Waals surface area contributed by atoms with Gasteiger partial charge in [0, 0.05) is 34.5 Å². The van der Waals surface area contributed by atoms with E-state index in [-0.39, 0.29) is 35.5 Å². The molecule has 0 amide bonds. The number of methoxy groups -OCH3 is 2. The molecule has 1 heterocycles. The Hall–Kier alpha value is -4.53. The number of allylic oxidation sites excluding steroid dienone is 1. The highest BCUT2D eigenvalue weighted by atomic mass is 16.6. The van der Waals surface area contributed by atoms with Crippen LogP contribution < -0.4 is 24.3 Å². The molecule has 9 heteroatoms. The Morgan fingerprint density at radius 3 is 2.33 bits per heavy atom. The summed E-state index contributed by atoms with van der Waals surface area (Å²) in [6.07, 6.45) is 2.16. The Bertz CT molecular complexity index is 1490. The summed E-state index contributed by atoms with van der Waals surface area (Å²) < 4.78 is 22.8. The lowest BCUT2D eigenvalue weighted by Gasteiger charge is -2.33. The second-order valence-corrected chi connectivity index (χ2v) is 10.5. The van der Waals surface area contributed by atoms with Crippen LogP contribution in [0.5, 0.6) is 23.0 Å². The number of hydrogen-bond donors (Lipinski definition) is 1. The molecule has 1 N–H and O–H groups in total. The van der Waals surface area contributed by atoms with E-state index in [1.807, 2.05) is 25.1 Å². The molecule has 9 nitrogen and oxygen atoms in total. The van der Waals surface area contributed by atoms with E-state index in [0.717, 1.165) is 33.5 Å². The molecule has 0 fully saturated rings. The van der Waals surface area contributed by atoms with Gasteiger partial charge in [0.2, 0.25) is 0 Å². The zero-order valence-electron chi connectivity index (χ0n) is 23.8. The smallest absolute Gasteiger partial charge is 0.313 e. The predicted molar refractivity (Wildman–Crippen MR) is 154 cm³/mol. The van der Waals surface area contributed by atoms with Crippen molar-refractivity contribution in [3.8, 4) is 34.1 Å². The third-order valence-electron chi connectivity index (χ3n) is 6.62. The molecule has 0 aliphatic carbocycles. The number of rotatable bonds is 9. The van der Waals surface area contributed by atoms with Gasteiger partial charge in [-0.2, -0.15) is 0 Å². The number of nitrogens with zero attached hydrogens (tertiary/aromatic N) is 1. The molecule has 0 saturated carbocycles. The first kappa shape index (κ1) is 28.5. The number of carbonyl (C=O) groups excluding carboxylic acids is 1. The number of esters is 1. The van der Waals surface area contributed by atoms with Gasteiger partial charge in [0.1, 0.15) is 18.1 Å². The molecule has 210 valence electrons. The van der Waals surface area contributed by atoms with Gasteiger partial charge in [0.15, 0.2) is 11.5 Å². The molecule has 0 bridgehead atoms. The van der Waals surface area contributed by atoms with Crippen molar-refractivity contribution in [2.75, 3.05) is 19.5 Å². The molecule has 0 unspecified atom stereocenters. The highest BCUT2D eigenvalue weighted by Crippen LogP contribution is 2.44. The van der Waals surface area contributed by atoms with Crippen molar-refractivity contribution in [1.29, 1.82) is 0 Å². The van der Waals surface area contributed by atoms with E-state index < -0.39 is 4.92 Å². The Morgan fingerprint density at radius 2 is 1.68 bits per heavy atom. The van der Waals surface area contributed by atoms with E-state index >= 15 is 0 Å². The topological polar surface area (TPSA) is 109 Å². The molecule has 1 aliphatic heterocycles. The second kappa shape index (κ2) is 11.3. The van der Waals surface area contributed by atoms with Crippen LogP contribution in [0.3, 0.4) is 0 Å². The van der Waals surface area contributed by atoms with Gasteiger partial charge in [0.05, 0.1) is 36.7 Å². The highest BCUT2D eigenvalue weighted by molar-refractivity contribution is 5.88. The van der Waals surface area contributed by atoms with Crippen molar-refractivity contribution in [3.63, 3.8) is 0 Å². The molecular weight excluding hydrogens is 512 g/mol. The molecular formula is C31H34N2O7. The van der Waals surface area contributed by atoms with E-state index in [1.54, 1.807) is 33.1 Å². The molecule has 0 aromatic heterocycles. The summed E-state index contributed by atoms with van der Waals surface area (Å²) in [7, 11) is 3.05. The SMILES string of the molecule is COc1ccc([N+](=O)[O-])cc1OCc1c(-c2ccc(OC(=O)C(C)C)cc2OC)ccc2c1C(C)=CC(C)(C)N2. The van der Waals surface area contributed by atoms with Crippen molar-refractivity contribution in [2.24, 2.45) is 5.92 Å². The molecule has 3 aromatic carbocycles. The van der Waals surface area contributed by atoms with Crippen molar-refractivity contribution in [2.45, 2.75) is 46.8 Å². The van der Waals surface area contributed by atoms with E-state index in [0.29, 0.717) is 17.2 Å². The minimum atomic E-state index is -0.473. The van der Waals surface area contributed by atoms with E-state index in [2.05, 4.69) is 25.2 Å². The number of carbonyl (C=O) groups is 1. The van der Waals surface area contributed by atoms with Crippen LogP contribution in [-0.4, -0.2) is 30.7 Å². The van der Waals surface area contributed by atoms with Gasteiger partial charge in [-0.25, -0.2) is 0 Å². The van der Waals surface area contributed by atoms with Crippen LogP contribution in [0, 0.1) is 16.0 Å². The first-order chi connectivity index (χ1) is 18.9. The fourth-order valence-corrected chi connectivity index (χ4v) is 4.83. The zero-order chi connectivity index (χ0) is 29.2. The van der Waals surface area contributed by atoms with Gasteiger partial charge in [-0.1, -0.05) is 26.0 Å². The molecule has 0 atom stereocenters. The van der Waals surface area contributed by atoms with Gasteiger partial charge in [-0.05, 0) is 56.2 Å². The molecule has 3 aromatic rings. The summed E-state index contributed by atoms with van der Waals surface area (Å²) in [6.45, 7) is 9.88. The number of nitro groups is 1. The maximum Gasteiger partial charge on any atom is 0.313 e. The van der Waals surface area contributed by atoms with Gasteiger partial charge in [-0.15, -0.1) is 0 Å². The van der Waals surface area contributed by atoms with Crippen LogP contribution in [0.25, 0.3) is 16.7 Å². The monoisotopic (exact) mass is 546 g/mol. The Labute approximate surface area is 233 Å². The van der Waals surface area contributed by atoms with E-state index in [9.17, 15) is 14.9 Å². The van der Waals surface area contributed by atoms with Crippen molar-refractivity contribution in [1.82, 2.24) is 0 Å². The number of fused-ring (bicyclic) bond motifs is 1. The molecule has 1 aliphatic rings.